The van der Waals surface area contributed by atoms with Crippen molar-refractivity contribution in [3.8, 4) is 22.6 Å². The molecule has 1 saturated heterocycles. The first-order valence-electron chi connectivity index (χ1n) is 12.8. The lowest BCUT2D eigenvalue weighted by Gasteiger charge is -2.38. The van der Waals surface area contributed by atoms with E-state index in [4.69, 9.17) is 14.6 Å². The number of benzene rings is 3. The Morgan fingerprint density at radius 1 is 0.919 bits per heavy atom. The van der Waals surface area contributed by atoms with Gasteiger partial charge in [-0.1, -0.05) is 24.3 Å². The van der Waals surface area contributed by atoms with Crippen LogP contribution >= 0.6 is 0 Å². The van der Waals surface area contributed by atoms with E-state index in [-0.39, 0.29) is 11.4 Å². The molecule has 0 atom stereocenters. The first kappa shape index (κ1) is 26.6. The van der Waals surface area contributed by atoms with E-state index in [1.807, 2.05) is 26.0 Å². The van der Waals surface area contributed by atoms with Gasteiger partial charge in [-0.15, -0.1) is 0 Å². The summed E-state index contributed by atoms with van der Waals surface area (Å²) in [6.07, 6.45) is 1.74. The van der Waals surface area contributed by atoms with Crippen LogP contribution in [0.25, 0.3) is 11.1 Å². The number of carboxylic acids is 1. The van der Waals surface area contributed by atoms with Crippen molar-refractivity contribution in [1.29, 1.82) is 0 Å². The summed E-state index contributed by atoms with van der Waals surface area (Å²) in [5, 5.41) is 20.3. The number of carboxylic acid groups (broad SMARTS) is 1. The van der Waals surface area contributed by atoms with Gasteiger partial charge in [0.2, 0.25) is 0 Å². The van der Waals surface area contributed by atoms with Crippen LogP contribution in [0.5, 0.6) is 11.5 Å². The van der Waals surface area contributed by atoms with Gasteiger partial charge in [0, 0.05) is 26.1 Å². The zero-order valence-electron chi connectivity index (χ0n) is 21.4. The number of hydrogen-bond donors (Lipinski definition) is 2. The average molecular weight is 508 g/mol. The summed E-state index contributed by atoms with van der Waals surface area (Å²) in [6.45, 7) is 7.01. The lowest BCUT2D eigenvalue weighted by atomic mass is 9.85. The van der Waals surface area contributed by atoms with E-state index in [1.165, 1.54) is 12.1 Å². The second-order valence-electron chi connectivity index (χ2n) is 9.52. The molecular weight excluding hydrogens is 473 g/mol. The summed E-state index contributed by atoms with van der Waals surface area (Å²) >= 11 is 0. The molecule has 3 aromatic rings. The van der Waals surface area contributed by atoms with Gasteiger partial charge in [-0.05, 0) is 79.8 Å². The maximum atomic E-state index is 13.5. The SMILES string of the molecule is CCOc1cc(CN2CCC(O)(Cc3ccc(C(=O)O)cc3)CC2)cc(OCC)c1-c1ccc(F)cc1. The normalized spacial score (nSPS) is 15.4. The fourth-order valence-corrected chi connectivity index (χ4v) is 4.88. The van der Waals surface area contributed by atoms with Crippen LogP contribution in [0.4, 0.5) is 4.39 Å². The Morgan fingerprint density at radius 2 is 1.49 bits per heavy atom. The van der Waals surface area contributed by atoms with Gasteiger partial charge in [-0.2, -0.15) is 0 Å². The molecule has 0 amide bonds. The molecule has 0 aromatic heterocycles. The zero-order valence-corrected chi connectivity index (χ0v) is 21.4. The van der Waals surface area contributed by atoms with Crippen molar-refractivity contribution >= 4 is 5.97 Å². The number of nitrogens with zero attached hydrogens (tertiary/aromatic N) is 1. The molecule has 37 heavy (non-hydrogen) atoms. The molecule has 1 aliphatic rings. The van der Waals surface area contributed by atoms with Crippen molar-refractivity contribution in [2.24, 2.45) is 0 Å². The fourth-order valence-electron chi connectivity index (χ4n) is 4.88. The Labute approximate surface area is 217 Å². The van der Waals surface area contributed by atoms with Crippen molar-refractivity contribution in [1.82, 2.24) is 4.90 Å². The third-order valence-electron chi connectivity index (χ3n) is 6.79. The summed E-state index contributed by atoms with van der Waals surface area (Å²) in [5.41, 5.74) is 3.05. The van der Waals surface area contributed by atoms with Gasteiger partial charge in [-0.3, -0.25) is 4.90 Å². The number of hydrogen-bond acceptors (Lipinski definition) is 5. The third kappa shape index (κ3) is 6.67. The van der Waals surface area contributed by atoms with Crippen molar-refractivity contribution < 1.29 is 28.9 Å². The number of carbonyl (C=O) groups is 1. The highest BCUT2D eigenvalue weighted by atomic mass is 19.1. The van der Waals surface area contributed by atoms with E-state index < -0.39 is 11.6 Å². The quantitative estimate of drug-likeness (QED) is 0.374. The van der Waals surface area contributed by atoms with Gasteiger partial charge in [-0.25, -0.2) is 9.18 Å². The minimum absolute atomic E-state index is 0.244. The molecule has 0 aliphatic carbocycles. The van der Waals surface area contributed by atoms with Crippen LogP contribution in [0.2, 0.25) is 0 Å². The van der Waals surface area contributed by atoms with Gasteiger partial charge in [0.1, 0.15) is 17.3 Å². The number of halogens is 1. The monoisotopic (exact) mass is 507 g/mol. The standard InChI is InChI=1S/C30H34FNO5/c1-3-36-26-17-22(18-27(37-4-2)28(26)23-9-11-25(31)12-10-23)20-32-15-13-30(35,14-16-32)19-21-5-7-24(8-6-21)29(33)34/h5-12,17-18,35H,3-4,13-16,19-20H2,1-2H3,(H,33,34). The number of likely N-dealkylation sites (tertiary alicyclic amines) is 1. The summed E-state index contributed by atoms with van der Waals surface area (Å²) in [5.74, 6) is 0.157. The predicted molar refractivity (Wildman–Crippen MR) is 141 cm³/mol. The number of aliphatic hydroxyl groups is 1. The molecule has 3 aromatic carbocycles. The first-order chi connectivity index (χ1) is 17.8. The van der Waals surface area contributed by atoms with Crippen LogP contribution in [0.15, 0.2) is 60.7 Å². The number of piperidine rings is 1. The Hall–Kier alpha value is -3.42. The molecule has 196 valence electrons. The molecule has 0 saturated carbocycles. The van der Waals surface area contributed by atoms with E-state index in [2.05, 4.69) is 4.90 Å². The van der Waals surface area contributed by atoms with Crippen LogP contribution in [0.3, 0.4) is 0 Å². The van der Waals surface area contributed by atoms with E-state index in [1.54, 1.807) is 36.4 Å². The Kier molecular flexibility index (Phi) is 8.46. The molecular formula is C30H34FNO5. The molecule has 2 N–H and O–H groups in total. The second kappa shape index (κ2) is 11.8. The Balaban J connectivity index is 1.47. The Morgan fingerprint density at radius 3 is 2.00 bits per heavy atom. The van der Waals surface area contributed by atoms with Gasteiger partial charge < -0.3 is 19.7 Å². The van der Waals surface area contributed by atoms with Gasteiger partial charge in [0.05, 0.1) is 29.9 Å². The first-order valence-corrected chi connectivity index (χ1v) is 12.8. The largest absolute Gasteiger partial charge is 0.493 e. The fraction of sp³-hybridized carbons (Fsp3) is 0.367. The smallest absolute Gasteiger partial charge is 0.335 e. The minimum Gasteiger partial charge on any atom is -0.493 e. The topological polar surface area (TPSA) is 79.2 Å². The Bertz CT molecular complexity index is 1170. The number of aromatic carboxylic acids is 1. The predicted octanol–water partition coefficient (Wildman–Crippen LogP) is 5.56. The molecule has 0 unspecified atom stereocenters. The van der Waals surface area contributed by atoms with E-state index in [0.717, 1.165) is 35.3 Å². The highest BCUT2D eigenvalue weighted by Gasteiger charge is 2.32. The van der Waals surface area contributed by atoms with Crippen LogP contribution in [-0.4, -0.2) is 53.0 Å². The average Bonchev–Trinajstić information content (AvgIpc) is 2.87. The summed E-state index contributed by atoms with van der Waals surface area (Å²) in [4.78, 5) is 13.4. The van der Waals surface area contributed by atoms with Crippen molar-refractivity contribution in [3.05, 3.63) is 83.2 Å². The molecule has 0 radical (unpaired) electrons. The number of ether oxygens (including phenoxy) is 2. The number of rotatable bonds is 10. The van der Waals surface area contributed by atoms with Gasteiger partial charge in [0.15, 0.2) is 0 Å². The van der Waals surface area contributed by atoms with E-state index >= 15 is 0 Å². The molecule has 1 fully saturated rings. The lowest BCUT2D eigenvalue weighted by molar-refractivity contribution is -0.0224. The maximum Gasteiger partial charge on any atom is 0.335 e. The highest BCUT2D eigenvalue weighted by molar-refractivity contribution is 5.87. The molecule has 6 nitrogen and oxygen atoms in total. The van der Waals surface area contributed by atoms with E-state index in [9.17, 15) is 14.3 Å². The molecule has 0 spiro atoms. The highest BCUT2D eigenvalue weighted by Crippen LogP contribution is 2.40. The molecule has 0 bridgehead atoms. The molecule has 1 aliphatic heterocycles. The van der Waals surface area contributed by atoms with Crippen LogP contribution in [0, 0.1) is 5.82 Å². The summed E-state index contributed by atoms with van der Waals surface area (Å²) < 4.78 is 25.5. The minimum atomic E-state index is -0.954. The van der Waals surface area contributed by atoms with Crippen molar-refractivity contribution in [2.75, 3.05) is 26.3 Å². The van der Waals surface area contributed by atoms with Crippen LogP contribution in [0.1, 0.15) is 48.2 Å². The van der Waals surface area contributed by atoms with Crippen LogP contribution in [-0.2, 0) is 13.0 Å². The molecule has 7 heteroatoms. The lowest BCUT2D eigenvalue weighted by Crippen LogP contribution is -2.45. The zero-order chi connectivity index (χ0) is 26.4. The van der Waals surface area contributed by atoms with Crippen molar-refractivity contribution in [3.63, 3.8) is 0 Å². The molecule has 4 rings (SSSR count). The van der Waals surface area contributed by atoms with Crippen molar-refractivity contribution in [2.45, 2.75) is 45.3 Å². The second-order valence-corrected chi connectivity index (χ2v) is 9.52. The summed E-state index contributed by atoms with van der Waals surface area (Å²) in [6, 6.07) is 17.1. The summed E-state index contributed by atoms with van der Waals surface area (Å²) in [7, 11) is 0. The van der Waals surface area contributed by atoms with Gasteiger partial charge >= 0.3 is 5.97 Å². The molecule has 1 heterocycles. The van der Waals surface area contributed by atoms with E-state index in [0.29, 0.717) is 50.5 Å². The maximum absolute atomic E-state index is 13.5. The third-order valence-corrected chi connectivity index (χ3v) is 6.79. The van der Waals surface area contributed by atoms with Crippen LogP contribution < -0.4 is 9.47 Å². The van der Waals surface area contributed by atoms with Gasteiger partial charge in [0.25, 0.3) is 0 Å².